The third-order valence-corrected chi connectivity index (χ3v) is 1.57. The number of rotatable bonds is 4. The van der Waals surface area contributed by atoms with Gasteiger partial charge < -0.3 is 5.32 Å². The van der Waals surface area contributed by atoms with E-state index in [1.165, 1.54) is 5.56 Å². The molecular weight excluding hydrogens is 148 g/mol. The third kappa shape index (κ3) is 2.74. The van der Waals surface area contributed by atoms with E-state index in [9.17, 15) is 0 Å². The fraction of sp³-hybridized carbons (Fsp3) is 0.300. The van der Waals surface area contributed by atoms with Gasteiger partial charge in [-0.2, -0.15) is 0 Å². The molecule has 0 saturated heterocycles. The van der Waals surface area contributed by atoms with E-state index in [0.717, 1.165) is 18.7 Å². The highest BCUT2D eigenvalue weighted by molar-refractivity contribution is 5.15. The van der Waals surface area contributed by atoms with E-state index in [0.29, 0.717) is 0 Å². The molecule has 1 rings (SSSR count). The lowest BCUT2D eigenvalue weighted by Crippen LogP contribution is -2.12. The normalized spacial score (nSPS) is 9.42. The number of pyridine rings is 1. The fourth-order valence-electron chi connectivity index (χ4n) is 1.06. The molecule has 2 heteroatoms. The summed E-state index contributed by atoms with van der Waals surface area (Å²) in [5, 5.41) is 3.17. The number of nitrogens with one attached hydrogen (secondary N) is 1. The molecule has 1 N–H and O–H groups in total. The van der Waals surface area contributed by atoms with Gasteiger partial charge in [0.2, 0.25) is 0 Å². The predicted octanol–water partition coefficient (Wildman–Crippen LogP) is 1.75. The van der Waals surface area contributed by atoms with Gasteiger partial charge in [-0.25, -0.2) is 0 Å². The van der Waals surface area contributed by atoms with E-state index >= 15 is 0 Å². The summed E-state index contributed by atoms with van der Waals surface area (Å²) in [5.74, 6) is 0. The Bertz CT molecular complexity index is 241. The number of nitrogens with zero attached hydrogens (tertiary/aromatic N) is 1. The molecule has 64 valence electrons. The summed E-state index contributed by atoms with van der Waals surface area (Å²) in [6.45, 7) is 6.89. The number of hydrogen-bond donors (Lipinski definition) is 1. The van der Waals surface area contributed by atoms with Crippen LogP contribution in [-0.2, 0) is 6.42 Å². The van der Waals surface area contributed by atoms with Crippen LogP contribution in [0.1, 0.15) is 12.5 Å². The van der Waals surface area contributed by atoms with Gasteiger partial charge in [0.15, 0.2) is 0 Å². The van der Waals surface area contributed by atoms with Gasteiger partial charge in [-0.05, 0) is 18.6 Å². The standard InChI is InChI=1S/C10H14N2/c1-3-12-9(2)7-10-5-4-6-11-8-10/h4-6,8,12H,2-3,7H2,1H3. The maximum absolute atomic E-state index is 4.03. The molecule has 0 aliphatic carbocycles. The van der Waals surface area contributed by atoms with Crippen LogP contribution in [0.4, 0.5) is 0 Å². The van der Waals surface area contributed by atoms with Crippen LogP contribution < -0.4 is 5.32 Å². The second kappa shape index (κ2) is 4.54. The Morgan fingerprint density at radius 1 is 1.67 bits per heavy atom. The van der Waals surface area contributed by atoms with Crippen molar-refractivity contribution in [3.63, 3.8) is 0 Å². The van der Waals surface area contributed by atoms with Crippen molar-refractivity contribution in [1.82, 2.24) is 10.3 Å². The minimum atomic E-state index is 0.863. The summed E-state index contributed by atoms with van der Waals surface area (Å²) in [4.78, 5) is 4.03. The second-order valence-electron chi connectivity index (χ2n) is 2.67. The van der Waals surface area contributed by atoms with E-state index in [1.807, 2.05) is 12.3 Å². The van der Waals surface area contributed by atoms with Gasteiger partial charge in [-0.1, -0.05) is 12.6 Å². The highest BCUT2D eigenvalue weighted by Crippen LogP contribution is 2.01. The summed E-state index contributed by atoms with van der Waals surface area (Å²) < 4.78 is 0. The lowest BCUT2D eigenvalue weighted by Gasteiger charge is -2.05. The monoisotopic (exact) mass is 162 g/mol. The van der Waals surface area contributed by atoms with E-state index in [-0.39, 0.29) is 0 Å². The van der Waals surface area contributed by atoms with Gasteiger partial charge in [-0.15, -0.1) is 0 Å². The Morgan fingerprint density at radius 2 is 2.50 bits per heavy atom. The van der Waals surface area contributed by atoms with Crippen molar-refractivity contribution in [2.24, 2.45) is 0 Å². The first-order valence-corrected chi connectivity index (χ1v) is 4.13. The van der Waals surface area contributed by atoms with Gasteiger partial charge >= 0.3 is 0 Å². The van der Waals surface area contributed by atoms with Crippen molar-refractivity contribution in [1.29, 1.82) is 0 Å². The van der Waals surface area contributed by atoms with Crippen LogP contribution in [0.25, 0.3) is 0 Å². The number of hydrogen-bond acceptors (Lipinski definition) is 2. The molecule has 0 atom stereocenters. The molecule has 0 bridgehead atoms. The number of likely N-dealkylation sites (N-methyl/N-ethyl adjacent to an activating group) is 1. The second-order valence-corrected chi connectivity index (χ2v) is 2.67. The first-order valence-electron chi connectivity index (χ1n) is 4.13. The Kier molecular flexibility index (Phi) is 3.33. The zero-order valence-corrected chi connectivity index (χ0v) is 7.38. The molecule has 1 aromatic heterocycles. The molecule has 0 fully saturated rings. The molecule has 2 nitrogen and oxygen atoms in total. The topological polar surface area (TPSA) is 24.9 Å². The van der Waals surface area contributed by atoms with Crippen molar-refractivity contribution in [2.75, 3.05) is 6.54 Å². The molecular formula is C10H14N2. The van der Waals surface area contributed by atoms with Crippen LogP contribution in [0.15, 0.2) is 36.8 Å². The third-order valence-electron chi connectivity index (χ3n) is 1.57. The lowest BCUT2D eigenvalue weighted by atomic mass is 10.2. The smallest absolute Gasteiger partial charge is 0.0303 e. The first kappa shape index (κ1) is 8.78. The Balaban J connectivity index is 2.47. The average molecular weight is 162 g/mol. The van der Waals surface area contributed by atoms with Crippen molar-refractivity contribution in [2.45, 2.75) is 13.3 Å². The van der Waals surface area contributed by atoms with Crippen LogP contribution in [0.2, 0.25) is 0 Å². The highest BCUT2D eigenvalue weighted by Gasteiger charge is 1.94. The number of allylic oxidation sites excluding steroid dienone is 1. The van der Waals surface area contributed by atoms with E-state index in [4.69, 9.17) is 0 Å². The molecule has 0 aliphatic rings. The first-order chi connectivity index (χ1) is 5.83. The van der Waals surface area contributed by atoms with E-state index in [2.05, 4.69) is 29.9 Å². The van der Waals surface area contributed by atoms with Crippen LogP contribution >= 0.6 is 0 Å². The summed E-state index contributed by atoms with van der Waals surface area (Å²) in [7, 11) is 0. The quantitative estimate of drug-likeness (QED) is 0.729. The van der Waals surface area contributed by atoms with Gasteiger partial charge in [0.05, 0.1) is 0 Å². The molecule has 0 saturated carbocycles. The fourth-order valence-corrected chi connectivity index (χ4v) is 1.06. The van der Waals surface area contributed by atoms with Crippen molar-refractivity contribution in [3.8, 4) is 0 Å². The van der Waals surface area contributed by atoms with Gasteiger partial charge in [0.1, 0.15) is 0 Å². The predicted molar refractivity (Wildman–Crippen MR) is 50.8 cm³/mol. The Morgan fingerprint density at radius 3 is 3.08 bits per heavy atom. The summed E-state index contributed by atoms with van der Waals surface area (Å²) in [6.07, 6.45) is 4.50. The maximum Gasteiger partial charge on any atom is 0.0303 e. The molecule has 1 heterocycles. The molecule has 0 radical (unpaired) electrons. The summed E-state index contributed by atoms with van der Waals surface area (Å²) in [5.41, 5.74) is 2.24. The molecule has 0 aromatic carbocycles. The lowest BCUT2D eigenvalue weighted by molar-refractivity contribution is 0.822. The Labute approximate surface area is 73.3 Å². The molecule has 0 amide bonds. The minimum absolute atomic E-state index is 0.863. The molecule has 0 unspecified atom stereocenters. The van der Waals surface area contributed by atoms with Crippen molar-refractivity contribution >= 4 is 0 Å². The Hall–Kier alpha value is -1.31. The van der Waals surface area contributed by atoms with Crippen LogP contribution in [-0.4, -0.2) is 11.5 Å². The molecule has 12 heavy (non-hydrogen) atoms. The van der Waals surface area contributed by atoms with Crippen LogP contribution in [0.5, 0.6) is 0 Å². The van der Waals surface area contributed by atoms with E-state index < -0.39 is 0 Å². The average Bonchev–Trinajstić information content (AvgIpc) is 2.06. The van der Waals surface area contributed by atoms with E-state index in [1.54, 1.807) is 6.20 Å². The summed E-state index contributed by atoms with van der Waals surface area (Å²) >= 11 is 0. The van der Waals surface area contributed by atoms with Gasteiger partial charge in [0.25, 0.3) is 0 Å². The van der Waals surface area contributed by atoms with Crippen molar-refractivity contribution < 1.29 is 0 Å². The van der Waals surface area contributed by atoms with Crippen LogP contribution in [0, 0.1) is 0 Å². The molecule has 1 aromatic rings. The molecule has 0 spiro atoms. The SMILES string of the molecule is C=C(Cc1cccnc1)NCC. The highest BCUT2D eigenvalue weighted by atomic mass is 14.9. The van der Waals surface area contributed by atoms with Crippen molar-refractivity contribution in [3.05, 3.63) is 42.4 Å². The zero-order valence-electron chi connectivity index (χ0n) is 7.38. The minimum Gasteiger partial charge on any atom is -0.389 e. The van der Waals surface area contributed by atoms with Gasteiger partial charge in [0, 0.05) is 31.1 Å². The molecule has 0 aliphatic heterocycles. The summed E-state index contributed by atoms with van der Waals surface area (Å²) in [6, 6.07) is 3.99. The number of aromatic nitrogens is 1. The largest absolute Gasteiger partial charge is 0.389 e. The zero-order chi connectivity index (χ0) is 8.81. The van der Waals surface area contributed by atoms with Gasteiger partial charge in [-0.3, -0.25) is 4.98 Å². The maximum atomic E-state index is 4.03. The van der Waals surface area contributed by atoms with Crippen LogP contribution in [0.3, 0.4) is 0 Å².